The summed E-state index contributed by atoms with van der Waals surface area (Å²) in [7, 11) is 0. The van der Waals surface area contributed by atoms with E-state index in [0.29, 0.717) is 28.1 Å². The van der Waals surface area contributed by atoms with Gasteiger partial charge in [0.2, 0.25) is 0 Å². The first kappa shape index (κ1) is 21.8. The third kappa shape index (κ3) is 5.79. The Morgan fingerprint density at radius 3 is 2.13 bits per heavy atom. The highest BCUT2D eigenvalue weighted by atomic mass is 19.1. The van der Waals surface area contributed by atoms with Gasteiger partial charge in [-0.15, -0.1) is 0 Å². The molecule has 3 rings (SSSR count). The van der Waals surface area contributed by atoms with E-state index in [1.165, 1.54) is 12.1 Å². The van der Waals surface area contributed by atoms with Crippen molar-refractivity contribution in [1.82, 2.24) is 5.32 Å². The van der Waals surface area contributed by atoms with Gasteiger partial charge >= 0.3 is 0 Å². The van der Waals surface area contributed by atoms with Gasteiger partial charge in [-0.25, -0.2) is 4.39 Å². The summed E-state index contributed by atoms with van der Waals surface area (Å²) in [6.45, 7) is 3.74. The van der Waals surface area contributed by atoms with Crippen molar-refractivity contribution in [2.75, 3.05) is 11.1 Å². The van der Waals surface area contributed by atoms with Gasteiger partial charge in [-0.2, -0.15) is 0 Å². The predicted molar refractivity (Wildman–Crippen MR) is 123 cm³/mol. The van der Waals surface area contributed by atoms with Crippen LogP contribution in [0.4, 0.5) is 15.8 Å². The second-order valence-corrected chi connectivity index (χ2v) is 7.36. The normalized spacial score (nSPS) is 11.3. The largest absolute Gasteiger partial charge is 0.397 e. The lowest BCUT2D eigenvalue weighted by Crippen LogP contribution is -2.30. The van der Waals surface area contributed by atoms with E-state index in [4.69, 9.17) is 5.73 Å². The van der Waals surface area contributed by atoms with E-state index in [-0.39, 0.29) is 23.7 Å². The summed E-state index contributed by atoms with van der Waals surface area (Å²) in [6.07, 6.45) is 1.71. The highest BCUT2D eigenvalue weighted by Crippen LogP contribution is 2.21. The fraction of sp³-hybridized carbons (Fsp3) is 0.120. The minimum atomic E-state index is -0.373. The number of anilines is 2. The second-order valence-electron chi connectivity index (χ2n) is 7.36. The van der Waals surface area contributed by atoms with Crippen molar-refractivity contribution in [1.29, 1.82) is 0 Å². The van der Waals surface area contributed by atoms with Crippen molar-refractivity contribution >= 4 is 34.8 Å². The molecule has 4 N–H and O–H groups in total. The zero-order valence-corrected chi connectivity index (χ0v) is 17.4. The van der Waals surface area contributed by atoms with Crippen molar-refractivity contribution in [3.63, 3.8) is 0 Å². The van der Waals surface area contributed by atoms with Crippen molar-refractivity contribution in [3.8, 4) is 0 Å². The maximum absolute atomic E-state index is 13.3. The van der Waals surface area contributed by atoms with Gasteiger partial charge in [0.15, 0.2) is 0 Å². The number of amides is 2. The van der Waals surface area contributed by atoms with Crippen LogP contribution in [0.15, 0.2) is 72.8 Å². The van der Waals surface area contributed by atoms with Gasteiger partial charge in [-0.1, -0.05) is 36.4 Å². The number of rotatable bonds is 6. The fourth-order valence-electron chi connectivity index (χ4n) is 2.95. The summed E-state index contributed by atoms with van der Waals surface area (Å²) in [5.41, 5.74) is 9.08. The molecule has 0 aliphatic heterocycles. The molecule has 0 atom stereocenters. The first-order chi connectivity index (χ1) is 14.8. The van der Waals surface area contributed by atoms with E-state index in [2.05, 4.69) is 10.6 Å². The number of hydrogen-bond acceptors (Lipinski definition) is 3. The number of nitrogens with one attached hydrogen (secondary N) is 2. The third-order valence-corrected chi connectivity index (χ3v) is 4.51. The molecular weight excluding hydrogens is 393 g/mol. The van der Waals surface area contributed by atoms with Gasteiger partial charge in [0, 0.05) is 17.2 Å². The van der Waals surface area contributed by atoms with E-state index in [0.717, 1.165) is 5.56 Å². The van der Waals surface area contributed by atoms with E-state index >= 15 is 0 Å². The van der Waals surface area contributed by atoms with Crippen LogP contribution in [0.3, 0.4) is 0 Å². The van der Waals surface area contributed by atoms with Gasteiger partial charge in [-0.3, -0.25) is 9.59 Å². The standard InChI is InChI=1S/C25H24FN3O2/c1-16(2)28-25(31)21(18-11-13-20(26)14-12-18)15-17-7-9-19(10-8-17)24(30)29-23-6-4-3-5-22(23)27/h3-16H,27H2,1-2H3,(H,28,31)(H,29,30)/b21-15-. The lowest BCUT2D eigenvalue weighted by atomic mass is 10.0. The molecule has 0 aromatic heterocycles. The Hall–Kier alpha value is -3.93. The van der Waals surface area contributed by atoms with Gasteiger partial charge in [0.1, 0.15) is 5.82 Å². The molecular formula is C25H24FN3O2. The van der Waals surface area contributed by atoms with Crippen molar-refractivity contribution in [2.24, 2.45) is 0 Å². The molecule has 3 aromatic rings. The minimum Gasteiger partial charge on any atom is -0.397 e. The number of para-hydroxylation sites is 2. The molecule has 6 heteroatoms. The van der Waals surface area contributed by atoms with Gasteiger partial charge < -0.3 is 16.4 Å². The number of halogens is 1. The quantitative estimate of drug-likeness (QED) is 0.308. The summed E-state index contributed by atoms with van der Waals surface area (Å²) < 4.78 is 13.3. The van der Waals surface area contributed by atoms with Crippen LogP contribution < -0.4 is 16.4 Å². The molecule has 0 saturated carbocycles. The molecule has 31 heavy (non-hydrogen) atoms. The van der Waals surface area contributed by atoms with E-state index < -0.39 is 0 Å². The predicted octanol–water partition coefficient (Wildman–Crippen LogP) is 4.73. The minimum absolute atomic E-state index is 0.0483. The summed E-state index contributed by atoms with van der Waals surface area (Å²) in [6, 6.07) is 19.6. The Morgan fingerprint density at radius 2 is 1.52 bits per heavy atom. The topological polar surface area (TPSA) is 84.2 Å². The fourth-order valence-corrected chi connectivity index (χ4v) is 2.95. The lowest BCUT2D eigenvalue weighted by molar-refractivity contribution is -0.116. The number of hydrogen-bond donors (Lipinski definition) is 3. The molecule has 0 spiro atoms. The Labute approximate surface area is 180 Å². The molecule has 0 radical (unpaired) electrons. The first-order valence-corrected chi connectivity index (χ1v) is 9.88. The maximum Gasteiger partial charge on any atom is 0.255 e. The maximum atomic E-state index is 13.3. The molecule has 0 fully saturated rings. The van der Waals surface area contributed by atoms with Crippen molar-refractivity contribution in [2.45, 2.75) is 19.9 Å². The van der Waals surface area contributed by atoms with Crippen LogP contribution >= 0.6 is 0 Å². The molecule has 0 bridgehead atoms. The molecule has 3 aromatic carbocycles. The van der Waals surface area contributed by atoms with Gasteiger partial charge in [-0.05, 0) is 67.4 Å². The Balaban J connectivity index is 1.85. The summed E-state index contributed by atoms with van der Waals surface area (Å²) >= 11 is 0. The summed E-state index contributed by atoms with van der Waals surface area (Å²) in [5.74, 6) is -0.922. The second kappa shape index (κ2) is 9.71. The van der Waals surface area contributed by atoms with Crippen LogP contribution in [0, 0.1) is 5.82 Å². The van der Waals surface area contributed by atoms with Gasteiger partial charge in [0.25, 0.3) is 11.8 Å². The van der Waals surface area contributed by atoms with Crippen LogP contribution in [0.2, 0.25) is 0 Å². The smallest absolute Gasteiger partial charge is 0.255 e. The van der Waals surface area contributed by atoms with Gasteiger partial charge in [0.05, 0.1) is 11.4 Å². The molecule has 5 nitrogen and oxygen atoms in total. The Bertz CT molecular complexity index is 1100. The van der Waals surface area contributed by atoms with Crippen molar-refractivity contribution < 1.29 is 14.0 Å². The van der Waals surface area contributed by atoms with Crippen LogP contribution in [-0.2, 0) is 4.79 Å². The van der Waals surface area contributed by atoms with Crippen LogP contribution in [-0.4, -0.2) is 17.9 Å². The van der Waals surface area contributed by atoms with Crippen LogP contribution in [0.1, 0.15) is 35.3 Å². The van der Waals surface area contributed by atoms with E-state index in [9.17, 15) is 14.0 Å². The molecule has 0 saturated heterocycles. The van der Waals surface area contributed by atoms with Crippen molar-refractivity contribution in [3.05, 3.63) is 95.3 Å². The Morgan fingerprint density at radius 1 is 0.903 bits per heavy atom. The van der Waals surface area contributed by atoms with Crippen LogP contribution in [0.5, 0.6) is 0 Å². The third-order valence-electron chi connectivity index (χ3n) is 4.51. The van der Waals surface area contributed by atoms with E-state index in [1.54, 1.807) is 66.7 Å². The number of nitrogen functional groups attached to an aromatic ring is 1. The highest BCUT2D eigenvalue weighted by molar-refractivity contribution is 6.24. The number of nitrogens with two attached hydrogens (primary N) is 1. The first-order valence-electron chi connectivity index (χ1n) is 9.88. The molecule has 2 amide bonds. The highest BCUT2D eigenvalue weighted by Gasteiger charge is 2.14. The van der Waals surface area contributed by atoms with Crippen LogP contribution in [0.25, 0.3) is 11.6 Å². The average molecular weight is 417 g/mol. The molecule has 0 aliphatic carbocycles. The molecule has 0 heterocycles. The molecule has 0 aliphatic rings. The monoisotopic (exact) mass is 417 g/mol. The average Bonchev–Trinajstić information content (AvgIpc) is 2.74. The number of carbonyl (C=O) groups is 2. The number of carbonyl (C=O) groups excluding carboxylic acids is 2. The zero-order chi connectivity index (χ0) is 22.4. The SMILES string of the molecule is CC(C)NC(=O)/C(=C\c1ccc(C(=O)Nc2ccccc2N)cc1)c1ccc(F)cc1. The lowest BCUT2D eigenvalue weighted by Gasteiger charge is -2.12. The Kier molecular flexibility index (Phi) is 6.82. The van der Waals surface area contributed by atoms with E-state index in [1.807, 2.05) is 13.8 Å². The number of benzene rings is 3. The molecule has 158 valence electrons. The summed E-state index contributed by atoms with van der Waals surface area (Å²) in [5, 5.41) is 5.64. The molecule has 0 unspecified atom stereocenters. The summed E-state index contributed by atoms with van der Waals surface area (Å²) in [4.78, 5) is 25.2. The zero-order valence-electron chi connectivity index (χ0n) is 17.4.